The van der Waals surface area contributed by atoms with Crippen LogP contribution in [0, 0.1) is 17.3 Å². The van der Waals surface area contributed by atoms with Crippen molar-refractivity contribution >= 4 is 11.6 Å². The van der Waals surface area contributed by atoms with Crippen LogP contribution in [0.25, 0.3) is 0 Å². The maximum Gasteiger partial charge on any atom is 0.187 e. The third-order valence-electron chi connectivity index (χ3n) is 11.7. The van der Waals surface area contributed by atoms with E-state index in [9.17, 15) is 40.2 Å². The summed E-state index contributed by atoms with van der Waals surface area (Å²) >= 11 is 0. The summed E-state index contributed by atoms with van der Waals surface area (Å²) in [6, 6.07) is 0. The Bertz CT molecular complexity index is 1380. The second-order valence-corrected chi connectivity index (χ2v) is 16.5. The molecule has 1 aliphatic carbocycles. The average Bonchev–Trinajstić information content (AvgIpc) is 3.53. The van der Waals surface area contributed by atoms with Gasteiger partial charge in [0.25, 0.3) is 0 Å². The molecule has 0 radical (unpaired) electrons. The molecular weight excluding hydrogens is 696 g/mol. The highest BCUT2D eigenvalue weighted by molar-refractivity contribution is 5.88. The molecule has 0 aromatic carbocycles. The number of rotatable bonds is 17. The van der Waals surface area contributed by atoms with E-state index in [1.54, 1.807) is 6.92 Å². The molecule has 15 atom stereocenters. The fraction of sp³-hybridized carbons (Fsp3) is 0.762. The van der Waals surface area contributed by atoms with Gasteiger partial charge < -0.3 is 49.6 Å². The number of ketones is 2. The molecule has 3 rings (SSSR count). The summed E-state index contributed by atoms with van der Waals surface area (Å²) in [7, 11) is 0. The summed E-state index contributed by atoms with van der Waals surface area (Å²) in [5.74, 6) is -0.355. The van der Waals surface area contributed by atoms with Gasteiger partial charge in [-0.25, -0.2) is 0 Å². The molecule has 0 bridgehead atoms. The van der Waals surface area contributed by atoms with E-state index in [2.05, 4.69) is 0 Å². The number of aliphatic hydroxyl groups excluding tert-OH is 6. The van der Waals surface area contributed by atoms with Crippen LogP contribution < -0.4 is 0 Å². The number of ether oxygens (including phenoxy) is 4. The molecule has 12 nitrogen and oxygen atoms in total. The quantitative estimate of drug-likeness (QED) is 0.115. The van der Waals surface area contributed by atoms with Crippen LogP contribution in [0.5, 0.6) is 0 Å². The Labute approximate surface area is 321 Å². The third kappa shape index (κ3) is 11.7. The minimum Gasteiger partial charge on any atom is -0.388 e. The minimum absolute atomic E-state index is 0.0159. The molecule has 2 saturated heterocycles. The van der Waals surface area contributed by atoms with Gasteiger partial charge in [0.15, 0.2) is 12.6 Å². The van der Waals surface area contributed by atoms with E-state index in [1.807, 2.05) is 79.7 Å². The Kier molecular flexibility index (Phi) is 17.5. The lowest BCUT2D eigenvalue weighted by Gasteiger charge is -2.45. The fourth-order valence-corrected chi connectivity index (χ4v) is 7.74. The molecule has 0 amide bonds. The monoisotopic (exact) mass is 764 g/mol. The molecule has 0 spiro atoms. The standard InChI is InChI=1S/C42H68O12/c1-22(2)13-17-30(43)24(5)16-20-33(45)42(10)21-11-12-29(42)26(7)31(44)18-15-25(6)32(19-14-23(3)4)53-40-38(50)36(48)39(28(9)52-40)54-41-37(49)35(47)34(46)27(8)51-41/h13-16,26-30,32,34-41,43,46-50H,11-12,17-21H2,1-10H3/b24-16+,25-15+/t26-,27+,28-,29+,30?,32?,34+,35-,36-,37-,38-,39+,40+,41+,42+/m1/s1. The molecule has 6 N–H and O–H groups in total. The van der Waals surface area contributed by atoms with Crippen molar-refractivity contribution in [2.24, 2.45) is 17.3 Å². The van der Waals surface area contributed by atoms with Crippen LogP contribution in [0.1, 0.15) is 114 Å². The van der Waals surface area contributed by atoms with Gasteiger partial charge in [-0.1, -0.05) is 55.7 Å². The summed E-state index contributed by atoms with van der Waals surface area (Å²) in [4.78, 5) is 27.3. The maximum absolute atomic E-state index is 13.7. The molecule has 1 saturated carbocycles. The molecule has 0 aromatic rings. The second kappa shape index (κ2) is 20.4. The lowest BCUT2D eigenvalue weighted by atomic mass is 9.68. The molecule has 12 heteroatoms. The molecule has 2 unspecified atom stereocenters. The van der Waals surface area contributed by atoms with Gasteiger partial charge >= 0.3 is 0 Å². The number of Topliss-reactive ketones (excluding diaryl/α,β-unsaturated/α-hetero) is 2. The Morgan fingerprint density at radius 3 is 1.96 bits per heavy atom. The topological polar surface area (TPSA) is 192 Å². The SMILES string of the molecule is CC(C)=CCC(O)/C(C)=C/CC(=O)[C@@]1(C)CCC[C@H]1[C@@H](C)C(=O)C/C=C(\C)C(CC=C(C)C)O[C@@H]1O[C@H](C)[C@H](O[C@@H]2O[C@@H](C)[C@H](O)[C@@H](O)[C@H]2O)[C@H](O)[C@H]1O. The van der Waals surface area contributed by atoms with Gasteiger partial charge in [0.1, 0.15) is 48.2 Å². The van der Waals surface area contributed by atoms with E-state index in [0.717, 1.165) is 35.1 Å². The minimum atomic E-state index is -1.60. The predicted octanol–water partition coefficient (Wildman–Crippen LogP) is 4.38. The van der Waals surface area contributed by atoms with Crippen LogP contribution in [0.2, 0.25) is 0 Å². The zero-order chi connectivity index (χ0) is 40.7. The number of aliphatic hydroxyl groups is 6. The van der Waals surface area contributed by atoms with Gasteiger partial charge in [-0.05, 0) is 98.1 Å². The molecular formula is C42H68O12. The molecule has 3 aliphatic rings. The van der Waals surface area contributed by atoms with Crippen molar-refractivity contribution < 1.29 is 59.2 Å². The van der Waals surface area contributed by atoms with Crippen LogP contribution in [-0.4, -0.2) is 116 Å². The molecule has 2 heterocycles. The average molecular weight is 765 g/mol. The lowest BCUT2D eigenvalue weighted by Crippen LogP contribution is -2.63. The molecule has 2 aliphatic heterocycles. The summed E-state index contributed by atoms with van der Waals surface area (Å²) in [5, 5.41) is 63.3. The maximum atomic E-state index is 13.7. The smallest absolute Gasteiger partial charge is 0.187 e. The van der Waals surface area contributed by atoms with Crippen molar-refractivity contribution in [2.45, 2.75) is 188 Å². The third-order valence-corrected chi connectivity index (χ3v) is 11.7. The highest BCUT2D eigenvalue weighted by Crippen LogP contribution is 2.49. The van der Waals surface area contributed by atoms with E-state index in [4.69, 9.17) is 18.9 Å². The van der Waals surface area contributed by atoms with Crippen molar-refractivity contribution in [3.63, 3.8) is 0 Å². The summed E-state index contributed by atoms with van der Waals surface area (Å²) in [5.41, 5.74) is 3.03. The Balaban J connectivity index is 1.68. The van der Waals surface area contributed by atoms with E-state index in [-0.39, 0.29) is 36.2 Å². The summed E-state index contributed by atoms with van der Waals surface area (Å²) in [6.45, 7) is 18.5. The first-order chi connectivity index (χ1) is 25.2. The van der Waals surface area contributed by atoms with Gasteiger partial charge in [0, 0.05) is 24.2 Å². The zero-order valence-corrected chi connectivity index (χ0v) is 34.0. The molecule has 54 heavy (non-hydrogen) atoms. The van der Waals surface area contributed by atoms with Crippen molar-refractivity contribution in [2.75, 3.05) is 0 Å². The van der Waals surface area contributed by atoms with Crippen molar-refractivity contribution in [1.82, 2.24) is 0 Å². The van der Waals surface area contributed by atoms with Gasteiger partial charge in [-0.15, -0.1) is 0 Å². The Morgan fingerprint density at radius 2 is 1.33 bits per heavy atom. The van der Waals surface area contributed by atoms with Gasteiger partial charge in [0.05, 0.1) is 24.4 Å². The Hall–Kier alpha value is -2.10. The van der Waals surface area contributed by atoms with Gasteiger partial charge in [0.2, 0.25) is 0 Å². The van der Waals surface area contributed by atoms with Crippen LogP contribution in [0.3, 0.4) is 0 Å². The van der Waals surface area contributed by atoms with Crippen molar-refractivity contribution in [3.8, 4) is 0 Å². The normalized spacial score (nSPS) is 36.6. The largest absolute Gasteiger partial charge is 0.388 e. The first kappa shape index (κ1) is 46.3. The number of allylic oxidation sites excluding steroid dienone is 4. The number of carbonyl (C=O) groups excluding carboxylic acids is 2. The van der Waals surface area contributed by atoms with Gasteiger partial charge in [-0.2, -0.15) is 0 Å². The highest BCUT2D eigenvalue weighted by Gasteiger charge is 2.50. The molecule has 308 valence electrons. The zero-order valence-electron chi connectivity index (χ0n) is 34.0. The van der Waals surface area contributed by atoms with Crippen LogP contribution in [0.15, 0.2) is 46.6 Å². The van der Waals surface area contributed by atoms with Crippen LogP contribution in [-0.2, 0) is 28.5 Å². The summed E-state index contributed by atoms with van der Waals surface area (Å²) in [6.07, 6.45) is -3.05. The highest BCUT2D eigenvalue weighted by atomic mass is 16.7. The van der Waals surface area contributed by atoms with Crippen molar-refractivity contribution in [3.05, 3.63) is 46.6 Å². The van der Waals surface area contributed by atoms with E-state index < -0.39 is 79.0 Å². The fourth-order valence-electron chi connectivity index (χ4n) is 7.74. The number of hydrogen-bond acceptors (Lipinski definition) is 12. The van der Waals surface area contributed by atoms with Crippen LogP contribution >= 0.6 is 0 Å². The first-order valence-corrected chi connectivity index (χ1v) is 19.6. The van der Waals surface area contributed by atoms with E-state index in [0.29, 0.717) is 19.3 Å². The predicted molar refractivity (Wildman–Crippen MR) is 204 cm³/mol. The van der Waals surface area contributed by atoms with Gasteiger partial charge in [-0.3, -0.25) is 9.59 Å². The lowest BCUT2D eigenvalue weighted by molar-refractivity contribution is -0.354. The molecule has 0 aromatic heterocycles. The number of carbonyl (C=O) groups is 2. The van der Waals surface area contributed by atoms with Crippen LogP contribution in [0.4, 0.5) is 0 Å². The second-order valence-electron chi connectivity index (χ2n) is 16.5. The van der Waals surface area contributed by atoms with Crippen molar-refractivity contribution in [1.29, 1.82) is 0 Å². The Morgan fingerprint density at radius 1 is 0.759 bits per heavy atom. The number of hydrogen-bond donors (Lipinski definition) is 6. The van der Waals surface area contributed by atoms with E-state index in [1.165, 1.54) is 6.92 Å². The van der Waals surface area contributed by atoms with E-state index >= 15 is 0 Å². The first-order valence-electron chi connectivity index (χ1n) is 19.6. The molecule has 3 fully saturated rings. The summed E-state index contributed by atoms with van der Waals surface area (Å²) < 4.78 is 23.6.